The van der Waals surface area contributed by atoms with Crippen molar-refractivity contribution in [1.29, 1.82) is 0 Å². The van der Waals surface area contributed by atoms with Crippen LogP contribution in [0.15, 0.2) is 27.5 Å². The van der Waals surface area contributed by atoms with Gasteiger partial charge in [-0.05, 0) is 25.3 Å². The Labute approximate surface area is 93.0 Å². The van der Waals surface area contributed by atoms with Gasteiger partial charge in [-0.3, -0.25) is 4.72 Å². The fourth-order valence-electron chi connectivity index (χ4n) is 1.55. The number of nitrogens with one attached hydrogen (secondary N) is 1. The van der Waals surface area contributed by atoms with Crippen LogP contribution in [0.5, 0.6) is 0 Å². The van der Waals surface area contributed by atoms with Crippen molar-refractivity contribution < 1.29 is 8.42 Å². The van der Waals surface area contributed by atoms with E-state index in [9.17, 15) is 8.42 Å². The van der Waals surface area contributed by atoms with Gasteiger partial charge in [-0.15, -0.1) is 16.2 Å². The highest BCUT2D eigenvalue weighted by molar-refractivity contribution is 7.98. The maximum atomic E-state index is 11.3. The standard InChI is InChI=1S/C9H10N2O2S2/c1-6-9-7(11-15(12,13)10-6)4-3-5-8(9)14-2/h3-5,11H,1-2H3. The van der Waals surface area contributed by atoms with Crippen molar-refractivity contribution in [3.05, 3.63) is 23.8 Å². The van der Waals surface area contributed by atoms with Crippen molar-refractivity contribution >= 4 is 33.4 Å². The van der Waals surface area contributed by atoms with Gasteiger partial charge in [0.25, 0.3) is 0 Å². The van der Waals surface area contributed by atoms with Crippen molar-refractivity contribution in [3.8, 4) is 0 Å². The molecule has 80 valence electrons. The molecule has 1 aromatic carbocycles. The largest absolute Gasteiger partial charge is 0.342 e. The van der Waals surface area contributed by atoms with Crippen molar-refractivity contribution in [2.24, 2.45) is 4.40 Å². The van der Waals surface area contributed by atoms with Gasteiger partial charge in [0, 0.05) is 10.5 Å². The summed E-state index contributed by atoms with van der Waals surface area (Å²) in [7, 11) is -3.54. The van der Waals surface area contributed by atoms with Crippen LogP contribution in [0.3, 0.4) is 0 Å². The first-order chi connectivity index (χ1) is 7.03. The highest BCUT2D eigenvalue weighted by atomic mass is 32.2. The van der Waals surface area contributed by atoms with Gasteiger partial charge in [-0.1, -0.05) is 6.07 Å². The summed E-state index contributed by atoms with van der Waals surface area (Å²) in [4.78, 5) is 1.02. The number of rotatable bonds is 1. The molecule has 15 heavy (non-hydrogen) atoms. The Morgan fingerprint density at radius 1 is 1.40 bits per heavy atom. The molecule has 0 radical (unpaired) electrons. The lowest BCUT2D eigenvalue weighted by Gasteiger charge is -2.18. The van der Waals surface area contributed by atoms with Crippen molar-refractivity contribution in [3.63, 3.8) is 0 Å². The molecule has 1 aliphatic rings. The van der Waals surface area contributed by atoms with E-state index in [0.717, 1.165) is 10.5 Å². The zero-order chi connectivity index (χ0) is 11.1. The zero-order valence-electron chi connectivity index (χ0n) is 8.31. The van der Waals surface area contributed by atoms with Gasteiger partial charge in [-0.25, -0.2) is 0 Å². The Bertz CT molecular complexity index is 535. The first-order valence-electron chi connectivity index (χ1n) is 4.30. The summed E-state index contributed by atoms with van der Waals surface area (Å²) in [5.41, 5.74) is 2.02. The Morgan fingerprint density at radius 3 is 2.80 bits per heavy atom. The highest BCUT2D eigenvalue weighted by Crippen LogP contribution is 2.31. The van der Waals surface area contributed by atoms with E-state index in [-0.39, 0.29) is 0 Å². The lowest BCUT2D eigenvalue weighted by atomic mass is 10.1. The molecule has 0 aliphatic carbocycles. The average Bonchev–Trinajstić information content (AvgIpc) is 2.14. The predicted octanol–water partition coefficient (Wildman–Crippen LogP) is 1.89. The number of benzene rings is 1. The SMILES string of the molecule is CSc1cccc2c1C(C)=NS(=O)(=O)N2. The zero-order valence-corrected chi connectivity index (χ0v) is 9.95. The smallest absolute Gasteiger partial charge is 0.264 e. The molecule has 4 nitrogen and oxygen atoms in total. The van der Waals surface area contributed by atoms with Gasteiger partial charge in [0.15, 0.2) is 0 Å². The van der Waals surface area contributed by atoms with Crippen LogP contribution in [0.1, 0.15) is 12.5 Å². The van der Waals surface area contributed by atoms with Crippen LogP contribution in [0.4, 0.5) is 5.69 Å². The maximum Gasteiger partial charge on any atom is 0.342 e. The number of hydrogen-bond donors (Lipinski definition) is 1. The summed E-state index contributed by atoms with van der Waals surface area (Å²) in [5, 5.41) is 0. The third-order valence-corrected chi connectivity index (χ3v) is 3.88. The third-order valence-electron chi connectivity index (χ3n) is 2.10. The highest BCUT2D eigenvalue weighted by Gasteiger charge is 2.21. The molecule has 6 heteroatoms. The molecular weight excluding hydrogens is 232 g/mol. The van der Waals surface area contributed by atoms with Crippen LogP contribution >= 0.6 is 11.8 Å². The van der Waals surface area contributed by atoms with Gasteiger partial charge in [0.2, 0.25) is 0 Å². The predicted molar refractivity (Wildman–Crippen MR) is 63.0 cm³/mol. The second-order valence-electron chi connectivity index (χ2n) is 3.14. The van der Waals surface area contributed by atoms with E-state index in [1.54, 1.807) is 24.8 Å². The van der Waals surface area contributed by atoms with Crippen molar-refractivity contribution in [2.45, 2.75) is 11.8 Å². The molecule has 2 rings (SSSR count). The number of nitrogens with zero attached hydrogens (tertiary/aromatic N) is 1. The lowest BCUT2D eigenvalue weighted by Crippen LogP contribution is -2.20. The Balaban J connectivity index is 2.70. The van der Waals surface area contributed by atoms with Crippen LogP contribution in [-0.2, 0) is 10.2 Å². The molecule has 0 saturated heterocycles. The van der Waals surface area contributed by atoms with Gasteiger partial charge in [0.05, 0.1) is 11.4 Å². The first-order valence-corrected chi connectivity index (χ1v) is 6.96. The quantitative estimate of drug-likeness (QED) is 0.765. The fourth-order valence-corrected chi connectivity index (χ4v) is 3.17. The van der Waals surface area contributed by atoms with Crippen molar-refractivity contribution in [1.82, 2.24) is 0 Å². The van der Waals surface area contributed by atoms with Gasteiger partial charge >= 0.3 is 10.2 Å². The minimum atomic E-state index is -3.54. The lowest BCUT2D eigenvalue weighted by molar-refractivity contribution is 0.602. The Hall–Kier alpha value is -1.01. The van der Waals surface area contributed by atoms with Crippen LogP contribution in [0, 0.1) is 0 Å². The minimum Gasteiger partial charge on any atom is -0.264 e. The minimum absolute atomic E-state index is 0.536. The number of hydrogen-bond acceptors (Lipinski definition) is 3. The molecule has 0 atom stereocenters. The number of thioether (sulfide) groups is 1. The maximum absolute atomic E-state index is 11.3. The van der Waals surface area contributed by atoms with Crippen LogP contribution in [0.2, 0.25) is 0 Å². The molecule has 0 amide bonds. The second kappa shape index (κ2) is 3.53. The Morgan fingerprint density at radius 2 is 2.13 bits per heavy atom. The summed E-state index contributed by atoms with van der Waals surface area (Å²) >= 11 is 1.57. The summed E-state index contributed by atoms with van der Waals surface area (Å²) < 4.78 is 28.7. The van der Waals surface area contributed by atoms with E-state index >= 15 is 0 Å². The third kappa shape index (κ3) is 1.87. The molecule has 0 saturated carbocycles. The molecule has 0 unspecified atom stereocenters. The molecular formula is C9H10N2O2S2. The summed E-state index contributed by atoms with van der Waals surface area (Å²) in [6, 6.07) is 5.51. The van der Waals surface area contributed by atoms with Crippen LogP contribution in [0.25, 0.3) is 0 Å². The van der Waals surface area contributed by atoms with E-state index in [1.165, 1.54) is 0 Å². The van der Waals surface area contributed by atoms with E-state index in [0.29, 0.717) is 11.4 Å². The van der Waals surface area contributed by atoms with E-state index in [4.69, 9.17) is 0 Å². The molecule has 1 N–H and O–H groups in total. The second-order valence-corrected chi connectivity index (χ2v) is 5.32. The van der Waals surface area contributed by atoms with E-state index in [2.05, 4.69) is 9.12 Å². The van der Waals surface area contributed by atoms with Gasteiger partial charge < -0.3 is 0 Å². The van der Waals surface area contributed by atoms with Crippen molar-refractivity contribution in [2.75, 3.05) is 11.0 Å². The molecule has 1 aliphatic heterocycles. The normalized spacial score (nSPS) is 17.6. The molecule has 1 heterocycles. The van der Waals surface area contributed by atoms with Crippen LogP contribution in [-0.4, -0.2) is 20.4 Å². The molecule has 0 bridgehead atoms. The first kappa shape index (κ1) is 10.5. The number of fused-ring (bicyclic) bond motifs is 1. The summed E-state index contributed by atoms with van der Waals surface area (Å²) in [6.45, 7) is 1.71. The topological polar surface area (TPSA) is 58.5 Å². The van der Waals surface area contributed by atoms with Crippen LogP contribution < -0.4 is 4.72 Å². The Kier molecular flexibility index (Phi) is 2.47. The van der Waals surface area contributed by atoms with Gasteiger partial charge in [0.1, 0.15) is 0 Å². The molecule has 0 aromatic heterocycles. The molecule has 0 spiro atoms. The molecule has 0 fully saturated rings. The van der Waals surface area contributed by atoms with E-state index < -0.39 is 10.2 Å². The average molecular weight is 242 g/mol. The summed E-state index contributed by atoms with van der Waals surface area (Å²) in [6.07, 6.45) is 1.95. The monoisotopic (exact) mass is 242 g/mol. The number of anilines is 1. The molecule has 1 aromatic rings. The van der Waals surface area contributed by atoms with Gasteiger partial charge in [-0.2, -0.15) is 8.42 Å². The fraction of sp³-hybridized carbons (Fsp3) is 0.222. The summed E-state index contributed by atoms with van der Waals surface area (Å²) in [5.74, 6) is 0. The van der Waals surface area contributed by atoms with E-state index in [1.807, 2.05) is 18.4 Å².